The van der Waals surface area contributed by atoms with E-state index in [1.807, 2.05) is 18.7 Å². The number of amides is 3. The second kappa shape index (κ2) is 10.8. The lowest BCUT2D eigenvalue weighted by Gasteiger charge is -2.44. The third-order valence-electron chi connectivity index (χ3n) is 7.29. The second-order valence-electron chi connectivity index (χ2n) is 9.47. The summed E-state index contributed by atoms with van der Waals surface area (Å²) in [6, 6.07) is 4.84. The number of nitrogens with one attached hydrogen (secondary N) is 1. The highest BCUT2D eigenvalue weighted by Gasteiger charge is 2.40. The Morgan fingerprint density at radius 1 is 1.17 bits per heavy atom. The van der Waals surface area contributed by atoms with Crippen LogP contribution in [0.5, 0.6) is 0 Å². The molecule has 1 N–H and O–H groups in total. The number of halogens is 1. The highest BCUT2D eigenvalue weighted by molar-refractivity contribution is 5.95. The van der Waals surface area contributed by atoms with Crippen LogP contribution in [-0.4, -0.2) is 78.0 Å². The number of piperazine rings is 1. The lowest BCUT2D eigenvalue weighted by Crippen LogP contribution is -2.57. The number of carbonyl (C=O) groups is 3. The van der Waals surface area contributed by atoms with Gasteiger partial charge in [0.1, 0.15) is 5.82 Å². The maximum atomic E-state index is 14.8. The van der Waals surface area contributed by atoms with Gasteiger partial charge in [-0.05, 0) is 39.7 Å². The van der Waals surface area contributed by atoms with Crippen molar-refractivity contribution in [1.82, 2.24) is 20.0 Å². The van der Waals surface area contributed by atoms with Crippen molar-refractivity contribution in [1.29, 1.82) is 0 Å². The predicted octanol–water partition coefficient (Wildman–Crippen LogP) is 3.06. The number of urea groups is 1. The largest absolute Gasteiger partial charge is 0.463 e. The molecule has 1 aliphatic carbocycles. The number of nitrogens with zero attached hydrogens (tertiary/aromatic N) is 3. The first-order chi connectivity index (χ1) is 16.8. The van der Waals surface area contributed by atoms with Crippen LogP contribution in [0.25, 0.3) is 0 Å². The number of hydrogen-bond acceptors (Lipinski definition) is 5. The van der Waals surface area contributed by atoms with Gasteiger partial charge >= 0.3 is 12.0 Å². The molecule has 0 aromatic heterocycles. The Morgan fingerprint density at radius 2 is 1.91 bits per heavy atom. The zero-order valence-electron chi connectivity index (χ0n) is 20.8. The number of carbonyl (C=O) groups excluding carboxylic acids is 3. The molecule has 4 rings (SSSR count). The molecule has 0 bridgehead atoms. The van der Waals surface area contributed by atoms with Crippen LogP contribution in [0, 0.1) is 11.7 Å². The average molecular weight is 487 g/mol. The van der Waals surface area contributed by atoms with Crippen LogP contribution < -0.4 is 5.32 Å². The van der Waals surface area contributed by atoms with Gasteiger partial charge in [0, 0.05) is 55.9 Å². The molecule has 8 nitrogen and oxygen atoms in total. The first kappa shape index (κ1) is 25.2. The molecule has 3 aliphatic rings. The minimum Gasteiger partial charge on any atom is -0.463 e. The van der Waals surface area contributed by atoms with Crippen LogP contribution in [0.2, 0.25) is 0 Å². The van der Waals surface area contributed by atoms with E-state index in [9.17, 15) is 18.8 Å². The van der Waals surface area contributed by atoms with Crippen LogP contribution in [0.15, 0.2) is 35.5 Å². The Bertz CT molecular complexity index is 1010. The lowest BCUT2D eigenvalue weighted by atomic mass is 9.84. The monoisotopic (exact) mass is 486 g/mol. The number of rotatable bonds is 7. The molecule has 1 aromatic carbocycles. The molecule has 2 atom stereocenters. The molecule has 0 spiro atoms. The van der Waals surface area contributed by atoms with Crippen LogP contribution in [-0.2, 0) is 14.3 Å². The van der Waals surface area contributed by atoms with E-state index in [0.717, 1.165) is 19.3 Å². The molecule has 35 heavy (non-hydrogen) atoms. The number of likely N-dealkylation sites (N-methyl/N-ethyl adjacent to an activating group) is 1. The van der Waals surface area contributed by atoms with Gasteiger partial charge in [0.05, 0.1) is 18.2 Å². The normalized spacial score (nSPS) is 23.7. The maximum Gasteiger partial charge on any atom is 0.338 e. The summed E-state index contributed by atoms with van der Waals surface area (Å²) in [4.78, 5) is 44.7. The Balaban J connectivity index is 1.64. The second-order valence-corrected chi connectivity index (χ2v) is 9.47. The van der Waals surface area contributed by atoms with Crippen molar-refractivity contribution in [2.24, 2.45) is 5.92 Å². The van der Waals surface area contributed by atoms with E-state index >= 15 is 0 Å². The highest BCUT2D eigenvalue weighted by atomic mass is 19.1. The van der Waals surface area contributed by atoms with Gasteiger partial charge in [-0.25, -0.2) is 14.0 Å². The van der Waals surface area contributed by atoms with Crippen molar-refractivity contribution in [3.05, 3.63) is 46.9 Å². The fraction of sp³-hybridized carbons (Fsp3) is 0.577. The lowest BCUT2D eigenvalue weighted by molar-refractivity contribution is -0.142. The summed E-state index contributed by atoms with van der Waals surface area (Å²) in [5, 5.41) is 2.80. The van der Waals surface area contributed by atoms with Gasteiger partial charge in [-0.2, -0.15) is 0 Å². The Hall–Kier alpha value is -2.94. The molecular formula is C26H35FN4O4. The third kappa shape index (κ3) is 5.05. The van der Waals surface area contributed by atoms with Gasteiger partial charge in [-0.3, -0.25) is 14.6 Å². The van der Waals surface area contributed by atoms with Gasteiger partial charge in [0.15, 0.2) is 0 Å². The molecule has 0 unspecified atom stereocenters. The summed E-state index contributed by atoms with van der Waals surface area (Å²) in [6.07, 6.45) is 3.06. The van der Waals surface area contributed by atoms with E-state index < -0.39 is 17.8 Å². The minimum atomic E-state index is -0.945. The van der Waals surface area contributed by atoms with E-state index in [1.54, 1.807) is 25.1 Å². The van der Waals surface area contributed by atoms with Crippen molar-refractivity contribution >= 4 is 17.9 Å². The summed E-state index contributed by atoms with van der Waals surface area (Å²) >= 11 is 0. The van der Waals surface area contributed by atoms with Crippen LogP contribution in [0.1, 0.15) is 51.6 Å². The Morgan fingerprint density at radius 3 is 2.51 bits per heavy atom. The summed E-state index contributed by atoms with van der Waals surface area (Å²) in [5.41, 5.74) is 0.995. The Kier molecular flexibility index (Phi) is 7.74. The van der Waals surface area contributed by atoms with Gasteiger partial charge in [0.25, 0.3) is 0 Å². The number of hydrogen-bond donors (Lipinski definition) is 1. The van der Waals surface area contributed by atoms with E-state index in [-0.39, 0.29) is 41.6 Å². The first-order valence-corrected chi connectivity index (χ1v) is 12.6. The average Bonchev–Trinajstić information content (AvgIpc) is 2.78. The van der Waals surface area contributed by atoms with Crippen molar-refractivity contribution < 1.29 is 23.5 Å². The van der Waals surface area contributed by atoms with Crippen molar-refractivity contribution in [3.63, 3.8) is 0 Å². The molecule has 3 amide bonds. The van der Waals surface area contributed by atoms with Gasteiger partial charge in [0.2, 0.25) is 5.91 Å². The minimum absolute atomic E-state index is 0.0263. The van der Waals surface area contributed by atoms with Gasteiger partial charge in [-0.1, -0.05) is 24.6 Å². The van der Waals surface area contributed by atoms with Crippen molar-refractivity contribution in [2.45, 2.75) is 52.1 Å². The number of esters is 1. The Labute approximate surface area is 206 Å². The van der Waals surface area contributed by atoms with E-state index in [1.165, 1.54) is 11.0 Å². The first-order valence-electron chi connectivity index (χ1n) is 12.6. The third-order valence-corrected chi connectivity index (χ3v) is 7.29. The van der Waals surface area contributed by atoms with E-state index in [4.69, 9.17) is 4.74 Å². The molecule has 2 aliphatic heterocycles. The quantitative estimate of drug-likeness (QED) is 0.599. The molecule has 1 saturated heterocycles. The topological polar surface area (TPSA) is 82.2 Å². The summed E-state index contributed by atoms with van der Waals surface area (Å²) in [7, 11) is 0. The van der Waals surface area contributed by atoms with Gasteiger partial charge in [-0.15, -0.1) is 0 Å². The standard InChI is InChI=1S/C26H35FN4O4/c1-4-30-21(16-29-13-14-31(17(3)15-29)24(32)18-9-8-10-18)22(25(33)35-5-2)23(28-26(30)34)19-11-6-7-12-20(19)27/h6-7,11-12,17-18,23H,4-5,8-10,13-16H2,1-3H3,(H,28,34)/t17-,23-/m0/s1. The van der Waals surface area contributed by atoms with Gasteiger partial charge < -0.3 is 15.0 Å². The van der Waals surface area contributed by atoms with Crippen LogP contribution in [0.4, 0.5) is 9.18 Å². The molecule has 1 saturated carbocycles. The fourth-order valence-electron chi connectivity index (χ4n) is 5.21. The molecule has 1 aromatic rings. The van der Waals surface area contributed by atoms with Crippen LogP contribution >= 0.6 is 0 Å². The molecular weight excluding hydrogens is 451 g/mol. The SMILES string of the molecule is CCOC(=O)C1=C(CN2CCN(C(=O)C3CCC3)[C@@H](C)C2)N(CC)C(=O)N[C@H]1c1ccccc1F. The molecule has 2 heterocycles. The van der Waals surface area contributed by atoms with E-state index in [0.29, 0.717) is 38.4 Å². The maximum absolute atomic E-state index is 14.8. The molecule has 0 radical (unpaired) electrons. The molecule has 190 valence electrons. The zero-order chi connectivity index (χ0) is 25.1. The number of benzene rings is 1. The predicted molar refractivity (Wildman–Crippen MR) is 129 cm³/mol. The zero-order valence-corrected chi connectivity index (χ0v) is 20.8. The molecule has 9 heteroatoms. The fourth-order valence-corrected chi connectivity index (χ4v) is 5.21. The summed E-state index contributed by atoms with van der Waals surface area (Å²) in [6.45, 7) is 8.30. The highest BCUT2D eigenvalue weighted by Crippen LogP contribution is 2.34. The van der Waals surface area contributed by atoms with Crippen LogP contribution in [0.3, 0.4) is 0 Å². The summed E-state index contributed by atoms with van der Waals surface area (Å²) in [5.74, 6) is -0.676. The summed E-state index contributed by atoms with van der Waals surface area (Å²) < 4.78 is 20.1. The van der Waals surface area contributed by atoms with E-state index in [2.05, 4.69) is 10.2 Å². The number of ether oxygens (including phenoxy) is 1. The van der Waals surface area contributed by atoms with Crippen molar-refractivity contribution in [3.8, 4) is 0 Å². The molecule has 2 fully saturated rings. The van der Waals surface area contributed by atoms with Crippen molar-refractivity contribution in [2.75, 3.05) is 39.3 Å². The smallest absolute Gasteiger partial charge is 0.338 e.